The Morgan fingerprint density at radius 1 is 1.41 bits per heavy atom. The molecule has 0 unspecified atom stereocenters. The van der Waals surface area contributed by atoms with Gasteiger partial charge in [0.05, 0.1) is 22.6 Å². The summed E-state index contributed by atoms with van der Waals surface area (Å²) in [6, 6.07) is 1.69. The van der Waals surface area contributed by atoms with Crippen molar-refractivity contribution in [2.45, 2.75) is 6.18 Å². The minimum atomic E-state index is -4.70. The van der Waals surface area contributed by atoms with Crippen LogP contribution < -0.4 is 5.73 Å². The lowest BCUT2D eigenvalue weighted by atomic mass is 10.1. The highest BCUT2D eigenvalue weighted by Gasteiger charge is 2.33. The Kier molecular flexibility index (Phi) is 3.47. The lowest BCUT2D eigenvalue weighted by molar-refractivity contribution is -0.385. The molecule has 1 aromatic rings. The summed E-state index contributed by atoms with van der Waals surface area (Å²) >= 11 is 0. The lowest BCUT2D eigenvalue weighted by Crippen LogP contribution is -2.16. The van der Waals surface area contributed by atoms with Crippen LogP contribution in [0.4, 0.5) is 18.9 Å². The number of hydrogen-bond acceptors (Lipinski definition) is 4. The van der Waals surface area contributed by atoms with Crippen LogP contribution in [0.1, 0.15) is 15.9 Å². The molecule has 0 heterocycles. The van der Waals surface area contributed by atoms with Crippen molar-refractivity contribution in [2.75, 3.05) is 6.54 Å². The van der Waals surface area contributed by atoms with Crippen molar-refractivity contribution >= 4 is 11.5 Å². The maximum Gasteiger partial charge on any atom is 0.416 e. The fraction of sp³-hybridized carbons (Fsp3) is 0.222. The molecule has 0 aliphatic rings. The first-order chi connectivity index (χ1) is 7.77. The first-order valence-electron chi connectivity index (χ1n) is 4.36. The van der Waals surface area contributed by atoms with Crippen LogP contribution in [-0.4, -0.2) is 17.3 Å². The highest BCUT2D eigenvalue weighted by Crippen LogP contribution is 2.32. The van der Waals surface area contributed by atoms with Crippen LogP contribution in [0.2, 0.25) is 0 Å². The third-order valence-electron chi connectivity index (χ3n) is 2.01. The Hall–Kier alpha value is -1.96. The van der Waals surface area contributed by atoms with Gasteiger partial charge in [0.15, 0.2) is 5.78 Å². The van der Waals surface area contributed by atoms with Crippen LogP contribution in [0, 0.1) is 10.1 Å². The van der Waals surface area contributed by atoms with Crippen molar-refractivity contribution in [1.82, 2.24) is 0 Å². The second-order valence-electron chi connectivity index (χ2n) is 3.11. The molecule has 0 saturated carbocycles. The summed E-state index contributed by atoms with van der Waals surface area (Å²) in [6.07, 6.45) is -4.70. The van der Waals surface area contributed by atoms with Crippen molar-refractivity contribution < 1.29 is 22.9 Å². The minimum absolute atomic E-state index is 0.322. The van der Waals surface area contributed by atoms with E-state index in [-0.39, 0.29) is 0 Å². The number of halogens is 3. The second kappa shape index (κ2) is 4.50. The number of ketones is 1. The summed E-state index contributed by atoms with van der Waals surface area (Å²) in [5.74, 6) is -0.787. The number of nitrogens with two attached hydrogens (primary N) is 1. The highest BCUT2D eigenvalue weighted by molar-refractivity contribution is 6.01. The zero-order valence-corrected chi connectivity index (χ0v) is 8.32. The zero-order chi connectivity index (χ0) is 13.2. The Balaban J connectivity index is 3.37. The highest BCUT2D eigenvalue weighted by atomic mass is 19.4. The van der Waals surface area contributed by atoms with Gasteiger partial charge < -0.3 is 5.73 Å². The predicted molar refractivity (Wildman–Crippen MR) is 51.5 cm³/mol. The van der Waals surface area contributed by atoms with Gasteiger partial charge in [0, 0.05) is 6.07 Å². The molecule has 0 fully saturated rings. The molecule has 0 saturated heterocycles. The average molecular weight is 248 g/mol. The molecule has 0 aliphatic carbocycles. The number of carbonyl (C=O) groups is 1. The van der Waals surface area contributed by atoms with E-state index in [4.69, 9.17) is 5.73 Å². The van der Waals surface area contributed by atoms with E-state index in [9.17, 15) is 28.1 Å². The van der Waals surface area contributed by atoms with E-state index >= 15 is 0 Å². The maximum absolute atomic E-state index is 12.3. The van der Waals surface area contributed by atoms with E-state index in [1.807, 2.05) is 0 Å². The molecule has 8 heteroatoms. The maximum atomic E-state index is 12.3. The third-order valence-corrected chi connectivity index (χ3v) is 2.01. The normalized spacial score (nSPS) is 11.3. The molecule has 0 radical (unpaired) electrons. The van der Waals surface area contributed by atoms with Gasteiger partial charge in [-0.15, -0.1) is 0 Å². The molecule has 0 atom stereocenters. The van der Waals surface area contributed by atoms with Crippen molar-refractivity contribution in [1.29, 1.82) is 0 Å². The smallest absolute Gasteiger partial charge is 0.324 e. The van der Waals surface area contributed by atoms with Gasteiger partial charge in [-0.2, -0.15) is 13.2 Å². The Bertz CT molecular complexity index is 471. The summed E-state index contributed by atoms with van der Waals surface area (Å²) in [6.45, 7) is -0.508. The number of Topliss-reactive ketones (excluding diaryl/α,β-unsaturated/α-hetero) is 1. The first kappa shape index (κ1) is 13.1. The molecule has 1 aromatic carbocycles. The number of carbonyl (C=O) groups excluding carboxylic acids is 1. The molecule has 0 bridgehead atoms. The number of nitro groups is 1. The number of alkyl halides is 3. The fourth-order valence-corrected chi connectivity index (χ4v) is 1.20. The topological polar surface area (TPSA) is 86.2 Å². The second-order valence-corrected chi connectivity index (χ2v) is 3.11. The number of rotatable bonds is 3. The number of nitro benzene ring substituents is 1. The van der Waals surface area contributed by atoms with E-state index in [0.717, 1.165) is 6.07 Å². The van der Waals surface area contributed by atoms with Gasteiger partial charge in [0.1, 0.15) is 0 Å². The van der Waals surface area contributed by atoms with E-state index < -0.39 is 40.2 Å². The van der Waals surface area contributed by atoms with Crippen LogP contribution in [-0.2, 0) is 6.18 Å². The van der Waals surface area contributed by atoms with Gasteiger partial charge in [-0.25, -0.2) is 0 Å². The minimum Gasteiger partial charge on any atom is -0.324 e. The lowest BCUT2D eigenvalue weighted by Gasteiger charge is -2.07. The van der Waals surface area contributed by atoms with Gasteiger partial charge in [0.2, 0.25) is 0 Å². The van der Waals surface area contributed by atoms with Gasteiger partial charge in [-0.05, 0) is 12.1 Å². The molecular formula is C9H7F3N2O3. The molecular weight excluding hydrogens is 241 g/mol. The SMILES string of the molecule is NCC(=O)c1ccc(C(F)(F)F)cc1[N+](=O)[O-]. The summed E-state index contributed by atoms with van der Waals surface area (Å²) < 4.78 is 36.9. The largest absolute Gasteiger partial charge is 0.416 e. The van der Waals surface area contributed by atoms with Crippen molar-refractivity contribution in [3.8, 4) is 0 Å². The fourth-order valence-electron chi connectivity index (χ4n) is 1.20. The van der Waals surface area contributed by atoms with Gasteiger partial charge in [0.25, 0.3) is 5.69 Å². The molecule has 0 spiro atoms. The van der Waals surface area contributed by atoms with E-state index in [1.54, 1.807) is 0 Å². The Morgan fingerprint density at radius 3 is 2.41 bits per heavy atom. The van der Waals surface area contributed by atoms with Crippen LogP contribution >= 0.6 is 0 Å². The van der Waals surface area contributed by atoms with Gasteiger partial charge in [-0.1, -0.05) is 0 Å². The van der Waals surface area contributed by atoms with E-state index in [2.05, 4.69) is 0 Å². The molecule has 17 heavy (non-hydrogen) atoms. The van der Waals surface area contributed by atoms with Crippen molar-refractivity contribution in [3.63, 3.8) is 0 Å². The van der Waals surface area contributed by atoms with Crippen molar-refractivity contribution in [2.24, 2.45) is 5.73 Å². The molecule has 5 nitrogen and oxygen atoms in total. The molecule has 1 rings (SSSR count). The molecule has 92 valence electrons. The van der Waals surface area contributed by atoms with E-state index in [0.29, 0.717) is 12.1 Å². The third kappa shape index (κ3) is 2.78. The first-order valence-corrected chi connectivity index (χ1v) is 4.36. The summed E-state index contributed by atoms with van der Waals surface area (Å²) in [5.41, 5.74) is 2.50. The van der Waals surface area contributed by atoms with Crippen LogP contribution in [0.5, 0.6) is 0 Å². The van der Waals surface area contributed by atoms with Crippen LogP contribution in [0.25, 0.3) is 0 Å². The monoisotopic (exact) mass is 248 g/mol. The van der Waals surface area contributed by atoms with Crippen molar-refractivity contribution in [3.05, 3.63) is 39.4 Å². The number of hydrogen-bond donors (Lipinski definition) is 1. The summed E-state index contributed by atoms with van der Waals surface area (Å²) in [5, 5.41) is 10.6. The van der Waals surface area contributed by atoms with Gasteiger partial charge in [-0.3, -0.25) is 14.9 Å². The van der Waals surface area contributed by atoms with E-state index in [1.165, 1.54) is 0 Å². The van der Waals surface area contributed by atoms with Crippen LogP contribution in [0.15, 0.2) is 18.2 Å². The van der Waals surface area contributed by atoms with Gasteiger partial charge >= 0.3 is 6.18 Å². The summed E-state index contributed by atoms with van der Waals surface area (Å²) in [7, 11) is 0. The zero-order valence-electron chi connectivity index (χ0n) is 8.32. The number of nitrogens with zero attached hydrogens (tertiary/aromatic N) is 1. The molecule has 0 amide bonds. The standard InChI is InChI=1S/C9H7F3N2O3/c10-9(11,12)5-1-2-6(8(15)4-13)7(3-5)14(16)17/h1-3H,4,13H2. The molecule has 0 aliphatic heterocycles. The molecule has 0 aromatic heterocycles. The Labute approximate surface area is 93.2 Å². The number of benzene rings is 1. The quantitative estimate of drug-likeness (QED) is 0.501. The average Bonchev–Trinajstić information content (AvgIpc) is 2.25. The molecule has 2 N–H and O–H groups in total. The predicted octanol–water partition coefficient (Wildman–Crippen LogP) is 1.75. The Morgan fingerprint density at radius 2 is 2.00 bits per heavy atom. The van der Waals surface area contributed by atoms with Crippen LogP contribution in [0.3, 0.4) is 0 Å². The summed E-state index contributed by atoms with van der Waals surface area (Å²) in [4.78, 5) is 20.7.